The molecule has 1 aromatic rings. The highest BCUT2D eigenvalue weighted by Gasteiger charge is 2.37. The van der Waals surface area contributed by atoms with E-state index in [0.717, 1.165) is 12.0 Å². The van der Waals surface area contributed by atoms with Gasteiger partial charge in [0, 0.05) is 0 Å². The molecule has 4 heteroatoms. The molecule has 0 spiro atoms. The first-order valence-electron chi connectivity index (χ1n) is 5.36. The van der Waals surface area contributed by atoms with Crippen molar-refractivity contribution < 1.29 is 14.6 Å². The maximum absolute atomic E-state index is 9.76. The van der Waals surface area contributed by atoms with Crippen LogP contribution < -0.4 is 15.2 Å². The molecular weight excluding hydrogens is 206 g/mol. The van der Waals surface area contributed by atoms with Crippen molar-refractivity contribution in [1.29, 1.82) is 0 Å². The minimum atomic E-state index is 0.0544. The lowest BCUT2D eigenvalue weighted by atomic mass is 10.1. The van der Waals surface area contributed by atoms with Crippen LogP contribution in [0, 0.1) is 5.92 Å². The molecule has 1 aliphatic carbocycles. The Bertz CT molecular complexity index is 367. The Kier molecular flexibility index (Phi) is 2.92. The number of phenols is 1. The van der Waals surface area contributed by atoms with Crippen molar-refractivity contribution in [2.24, 2.45) is 11.7 Å². The van der Waals surface area contributed by atoms with E-state index >= 15 is 0 Å². The largest absolute Gasteiger partial charge is 0.502 e. The van der Waals surface area contributed by atoms with Gasteiger partial charge in [0.2, 0.25) is 5.75 Å². The minimum absolute atomic E-state index is 0.0544. The summed E-state index contributed by atoms with van der Waals surface area (Å²) >= 11 is 0. The van der Waals surface area contributed by atoms with Crippen LogP contribution in [0.3, 0.4) is 0 Å². The molecule has 0 saturated heterocycles. The van der Waals surface area contributed by atoms with Crippen molar-refractivity contribution in [2.45, 2.75) is 12.3 Å². The van der Waals surface area contributed by atoms with Crippen LogP contribution in [0.4, 0.5) is 0 Å². The molecular formula is C12H17NO3. The fraction of sp³-hybridized carbons (Fsp3) is 0.500. The first-order chi connectivity index (χ1) is 7.71. The number of hydrogen-bond acceptors (Lipinski definition) is 4. The molecule has 2 atom stereocenters. The molecule has 0 bridgehead atoms. The van der Waals surface area contributed by atoms with Crippen molar-refractivity contribution in [3.05, 3.63) is 17.7 Å². The second-order valence-electron chi connectivity index (χ2n) is 4.11. The topological polar surface area (TPSA) is 64.7 Å². The molecule has 2 rings (SSSR count). The summed E-state index contributed by atoms with van der Waals surface area (Å²) in [6, 6.07) is 3.72. The summed E-state index contributed by atoms with van der Waals surface area (Å²) in [5, 5.41) is 9.76. The summed E-state index contributed by atoms with van der Waals surface area (Å²) in [5.41, 5.74) is 6.75. The highest BCUT2D eigenvalue weighted by Crippen LogP contribution is 2.50. The third-order valence-corrected chi connectivity index (χ3v) is 3.16. The van der Waals surface area contributed by atoms with Gasteiger partial charge in [0.15, 0.2) is 11.5 Å². The van der Waals surface area contributed by atoms with E-state index in [1.807, 2.05) is 12.1 Å². The van der Waals surface area contributed by atoms with Gasteiger partial charge in [-0.25, -0.2) is 0 Å². The standard InChI is InChI=1S/C12H17NO3/c1-15-10-4-7(9-3-8(9)6-13)5-11(16-2)12(10)14/h4-5,8-9,14H,3,6,13H2,1-2H3. The predicted octanol–water partition coefficient (Wildman–Crippen LogP) is 1.47. The first kappa shape index (κ1) is 11.1. The van der Waals surface area contributed by atoms with Crippen LogP contribution in [0.25, 0.3) is 0 Å². The van der Waals surface area contributed by atoms with E-state index in [-0.39, 0.29) is 5.75 Å². The van der Waals surface area contributed by atoms with Crippen LogP contribution in [0.2, 0.25) is 0 Å². The predicted molar refractivity (Wildman–Crippen MR) is 61.1 cm³/mol. The second-order valence-corrected chi connectivity index (χ2v) is 4.11. The van der Waals surface area contributed by atoms with E-state index in [4.69, 9.17) is 15.2 Å². The number of phenolic OH excluding ortho intramolecular Hbond substituents is 1. The number of nitrogens with two attached hydrogens (primary N) is 1. The van der Waals surface area contributed by atoms with Gasteiger partial charge in [0.1, 0.15) is 0 Å². The van der Waals surface area contributed by atoms with Crippen molar-refractivity contribution in [2.75, 3.05) is 20.8 Å². The molecule has 0 aromatic heterocycles. The van der Waals surface area contributed by atoms with E-state index in [9.17, 15) is 5.11 Å². The molecule has 1 saturated carbocycles. The fourth-order valence-corrected chi connectivity index (χ4v) is 2.04. The first-order valence-corrected chi connectivity index (χ1v) is 5.36. The SMILES string of the molecule is COc1cc(C2CC2CN)cc(OC)c1O. The van der Waals surface area contributed by atoms with Crippen molar-refractivity contribution in [3.63, 3.8) is 0 Å². The summed E-state index contributed by atoms with van der Waals surface area (Å²) < 4.78 is 10.2. The Morgan fingerprint density at radius 1 is 1.31 bits per heavy atom. The third-order valence-electron chi connectivity index (χ3n) is 3.16. The molecule has 0 amide bonds. The van der Waals surface area contributed by atoms with Crippen LogP contribution in [0.5, 0.6) is 17.2 Å². The average molecular weight is 223 g/mol. The van der Waals surface area contributed by atoms with Crippen LogP contribution in [-0.4, -0.2) is 25.9 Å². The maximum atomic E-state index is 9.76. The normalized spacial score (nSPS) is 22.9. The molecule has 0 heterocycles. The number of aromatic hydroxyl groups is 1. The van der Waals surface area contributed by atoms with E-state index in [0.29, 0.717) is 29.9 Å². The van der Waals surface area contributed by atoms with Crippen LogP contribution in [0.1, 0.15) is 17.9 Å². The lowest BCUT2D eigenvalue weighted by Gasteiger charge is -2.11. The van der Waals surface area contributed by atoms with Crippen LogP contribution >= 0.6 is 0 Å². The van der Waals surface area contributed by atoms with Gasteiger partial charge in [-0.1, -0.05) is 0 Å². The zero-order chi connectivity index (χ0) is 11.7. The van der Waals surface area contributed by atoms with E-state index in [1.165, 1.54) is 14.2 Å². The van der Waals surface area contributed by atoms with Crippen molar-refractivity contribution in [3.8, 4) is 17.2 Å². The molecule has 1 aliphatic rings. The highest BCUT2D eigenvalue weighted by atomic mass is 16.5. The fourth-order valence-electron chi connectivity index (χ4n) is 2.04. The number of hydrogen-bond donors (Lipinski definition) is 2. The smallest absolute Gasteiger partial charge is 0.200 e. The Balaban J connectivity index is 2.33. The molecule has 0 radical (unpaired) electrons. The molecule has 1 fully saturated rings. The Morgan fingerprint density at radius 3 is 2.25 bits per heavy atom. The van der Waals surface area contributed by atoms with E-state index < -0.39 is 0 Å². The number of rotatable bonds is 4. The Morgan fingerprint density at radius 2 is 1.88 bits per heavy atom. The summed E-state index contributed by atoms with van der Waals surface area (Å²) in [5.74, 6) is 2.00. The van der Waals surface area contributed by atoms with Gasteiger partial charge in [0.05, 0.1) is 14.2 Å². The number of methoxy groups -OCH3 is 2. The Hall–Kier alpha value is -1.42. The molecule has 1 aromatic carbocycles. The van der Waals surface area contributed by atoms with Crippen molar-refractivity contribution in [1.82, 2.24) is 0 Å². The number of benzene rings is 1. The van der Waals surface area contributed by atoms with Gasteiger partial charge in [-0.05, 0) is 42.5 Å². The average Bonchev–Trinajstić information content (AvgIpc) is 3.08. The maximum Gasteiger partial charge on any atom is 0.200 e. The van der Waals surface area contributed by atoms with Crippen LogP contribution in [-0.2, 0) is 0 Å². The summed E-state index contributed by atoms with van der Waals surface area (Å²) in [4.78, 5) is 0. The van der Waals surface area contributed by atoms with Gasteiger partial charge < -0.3 is 20.3 Å². The molecule has 0 aliphatic heterocycles. The zero-order valence-electron chi connectivity index (χ0n) is 9.56. The number of ether oxygens (including phenoxy) is 2. The van der Waals surface area contributed by atoms with Gasteiger partial charge in [0.25, 0.3) is 0 Å². The molecule has 88 valence electrons. The zero-order valence-corrected chi connectivity index (χ0v) is 9.56. The van der Waals surface area contributed by atoms with Gasteiger partial charge in [-0.15, -0.1) is 0 Å². The molecule has 2 unspecified atom stereocenters. The summed E-state index contributed by atoms with van der Waals surface area (Å²) in [6.07, 6.45) is 1.10. The highest BCUT2D eigenvalue weighted by molar-refractivity contribution is 5.54. The lowest BCUT2D eigenvalue weighted by molar-refractivity contribution is 0.339. The minimum Gasteiger partial charge on any atom is -0.502 e. The third kappa shape index (κ3) is 1.80. The van der Waals surface area contributed by atoms with E-state index in [1.54, 1.807) is 0 Å². The lowest BCUT2D eigenvalue weighted by Crippen LogP contribution is -2.02. The summed E-state index contributed by atoms with van der Waals surface area (Å²) in [6.45, 7) is 0.705. The second kappa shape index (κ2) is 4.22. The Labute approximate surface area is 95.0 Å². The van der Waals surface area contributed by atoms with Gasteiger partial charge >= 0.3 is 0 Å². The molecule has 16 heavy (non-hydrogen) atoms. The quantitative estimate of drug-likeness (QED) is 0.811. The van der Waals surface area contributed by atoms with Crippen LogP contribution in [0.15, 0.2) is 12.1 Å². The van der Waals surface area contributed by atoms with Gasteiger partial charge in [-0.2, -0.15) is 0 Å². The van der Waals surface area contributed by atoms with Crippen molar-refractivity contribution >= 4 is 0 Å². The monoisotopic (exact) mass is 223 g/mol. The van der Waals surface area contributed by atoms with E-state index in [2.05, 4.69) is 0 Å². The summed E-state index contributed by atoms with van der Waals surface area (Å²) in [7, 11) is 3.07. The molecule has 4 nitrogen and oxygen atoms in total. The van der Waals surface area contributed by atoms with Gasteiger partial charge in [-0.3, -0.25) is 0 Å². The molecule has 3 N–H and O–H groups in total.